The highest BCUT2D eigenvalue weighted by atomic mass is 35.5. The molecule has 1 aromatic carbocycles. The zero-order valence-corrected chi connectivity index (χ0v) is 11.4. The number of benzene rings is 1. The first-order valence-corrected chi connectivity index (χ1v) is 7.47. The second-order valence-corrected chi connectivity index (χ2v) is 6.09. The normalized spacial score (nSPS) is 17.7. The molecule has 0 atom stereocenters. The Labute approximate surface area is 111 Å². The molecule has 90 valence electrons. The summed E-state index contributed by atoms with van der Waals surface area (Å²) in [7, 11) is 0. The average molecular weight is 266 g/mol. The van der Waals surface area contributed by atoms with E-state index < -0.39 is 0 Å². The van der Waals surface area contributed by atoms with E-state index >= 15 is 0 Å². The van der Waals surface area contributed by atoms with Crippen molar-refractivity contribution in [1.29, 1.82) is 0 Å². The quantitative estimate of drug-likeness (QED) is 0.771. The predicted octanol–water partition coefficient (Wildman–Crippen LogP) is 4.54. The third-order valence-corrected chi connectivity index (χ3v) is 4.69. The van der Waals surface area contributed by atoms with Gasteiger partial charge in [-0.1, -0.05) is 24.1 Å². The van der Waals surface area contributed by atoms with Crippen LogP contribution in [-0.2, 0) is 6.54 Å². The van der Waals surface area contributed by atoms with Crippen LogP contribution in [0.25, 0.3) is 10.1 Å². The molecule has 0 bridgehead atoms. The number of rotatable bonds is 2. The summed E-state index contributed by atoms with van der Waals surface area (Å²) in [4.78, 5) is 2.57. The molecule has 1 aliphatic rings. The molecule has 1 fully saturated rings. The molecule has 0 aliphatic carbocycles. The maximum Gasteiger partial charge on any atom is 0.0420 e. The highest BCUT2D eigenvalue weighted by Crippen LogP contribution is 2.29. The van der Waals surface area contributed by atoms with Gasteiger partial charge in [0.15, 0.2) is 0 Å². The molecule has 2 heterocycles. The van der Waals surface area contributed by atoms with Gasteiger partial charge in [-0.2, -0.15) is 0 Å². The van der Waals surface area contributed by atoms with E-state index in [0.717, 1.165) is 11.6 Å². The molecule has 0 spiro atoms. The van der Waals surface area contributed by atoms with Crippen LogP contribution in [0, 0.1) is 0 Å². The van der Waals surface area contributed by atoms with E-state index in [2.05, 4.69) is 22.4 Å². The van der Waals surface area contributed by atoms with Crippen LogP contribution in [0.2, 0.25) is 5.02 Å². The number of halogens is 1. The first-order valence-electron chi connectivity index (χ1n) is 6.21. The standard InChI is InChI=1S/C14H16ClNS/c15-12-4-5-13-11(10-17-14(13)8-12)9-16-6-2-1-3-7-16/h4-5,8,10H,1-3,6-7,9H2. The van der Waals surface area contributed by atoms with E-state index in [0.29, 0.717) is 0 Å². The first kappa shape index (κ1) is 11.5. The summed E-state index contributed by atoms with van der Waals surface area (Å²) in [5.41, 5.74) is 1.46. The molecule has 3 rings (SSSR count). The SMILES string of the molecule is Clc1ccc2c(CN3CCCCC3)csc2c1. The minimum absolute atomic E-state index is 0.837. The Hall–Kier alpha value is -0.570. The third-order valence-electron chi connectivity index (χ3n) is 3.46. The van der Waals surface area contributed by atoms with Gasteiger partial charge in [-0.25, -0.2) is 0 Å². The summed E-state index contributed by atoms with van der Waals surface area (Å²) in [6.07, 6.45) is 4.11. The van der Waals surface area contributed by atoms with Crippen LogP contribution < -0.4 is 0 Å². The van der Waals surface area contributed by atoms with Gasteiger partial charge in [0.05, 0.1) is 0 Å². The molecule has 3 heteroatoms. The van der Waals surface area contributed by atoms with Crippen LogP contribution >= 0.6 is 22.9 Å². The Kier molecular flexibility index (Phi) is 3.37. The molecule has 1 saturated heterocycles. The fraction of sp³-hybridized carbons (Fsp3) is 0.429. The van der Waals surface area contributed by atoms with Crippen molar-refractivity contribution in [3.05, 3.63) is 34.2 Å². The van der Waals surface area contributed by atoms with Crippen LogP contribution in [-0.4, -0.2) is 18.0 Å². The van der Waals surface area contributed by atoms with E-state index in [1.165, 1.54) is 48.0 Å². The number of likely N-dealkylation sites (tertiary alicyclic amines) is 1. The Bertz CT molecular complexity index is 514. The molecule has 0 amide bonds. The van der Waals surface area contributed by atoms with Gasteiger partial charge in [-0.3, -0.25) is 4.90 Å². The van der Waals surface area contributed by atoms with E-state index in [-0.39, 0.29) is 0 Å². The van der Waals surface area contributed by atoms with Crippen molar-refractivity contribution >= 4 is 33.0 Å². The minimum Gasteiger partial charge on any atom is -0.299 e. The lowest BCUT2D eigenvalue weighted by Gasteiger charge is -2.26. The van der Waals surface area contributed by atoms with E-state index in [4.69, 9.17) is 11.6 Å². The lowest BCUT2D eigenvalue weighted by molar-refractivity contribution is 0.222. The van der Waals surface area contributed by atoms with Gasteiger partial charge in [0.2, 0.25) is 0 Å². The monoisotopic (exact) mass is 265 g/mol. The van der Waals surface area contributed by atoms with E-state index in [1.807, 2.05) is 6.07 Å². The largest absolute Gasteiger partial charge is 0.299 e. The second-order valence-electron chi connectivity index (χ2n) is 4.74. The number of nitrogens with zero attached hydrogens (tertiary/aromatic N) is 1. The summed E-state index contributed by atoms with van der Waals surface area (Å²) in [5, 5.41) is 4.50. The van der Waals surface area contributed by atoms with Gasteiger partial charge in [-0.05, 0) is 54.4 Å². The molecule has 17 heavy (non-hydrogen) atoms. The molecular formula is C14H16ClNS. The molecule has 1 aliphatic heterocycles. The molecule has 0 N–H and O–H groups in total. The molecule has 2 aromatic rings. The number of fused-ring (bicyclic) bond motifs is 1. The van der Waals surface area contributed by atoms with Crippen molar-refractivity contribution in [2.24, 2.45) is 0 Å². The molecule has 0 saturated carbocycles. The average Bonchev–Trinajstić information content (AvgIpc) is 2.73. The van der Waals surface area contributed by atoms with Crippen molar-refractivity contribution < 1.29 is 0 Å². The topological polar surface area (TPSA) is 3.24 Å². The van der Waals surface area contributed by atoms with Crippen molar-refractivity contribution in [2.75, 3.05) is 13.1 Å². The first-order chi connectivity index (χ1) is 8.33. The number of piperidine rings is 1. The zero-order valence-electron chi connectivity index (χ0n) is 9.79. The van der Waals surface area contributed by atoms with Crippen LogP contribution in [0.5, 0.6) is 0 Å². The lowest BCUT2D eigenvalue weighted by atomic mass is 10.1. The molecule has 1 aromatic heterocycles. The van der Waals surface area contributed by atoms with Gasteiger partial charge in [0.1, 0.15) is 0 Å². The smallest absolute Gasteiger partial charge is 0.0420 e. The maximum absolute atomic E-state index is 6.02. The van der Waals surface area contributed by atoms with Crippen LogP contribution in [0.15, 0.2) is 23.6 Å². The lowest BCUT2D eigenvalue weighted by Crippen LogP contribution is -2.28. The molecule has 1 nitrogen and oxygen atoms in total. The predicted molar refractivity (Wildman–Crippen MR) is 76.0 cm³/mol. The van der Waals surface area contributed by atoms with Crippen molar-refractivity contribution in [3.63, 3.8) is 0 Å². The number of hydrogen-bond donors (Lipinski definition) is 0. The summed E-state index contributed by atoms with van der Waals surface area (Å²) in [6.45, 7) is 3.61. The van der Waals surface area contributed by atoms with Crippen molar-refractivity contribution in [3.8, 4) is 0 Å². The van der Waals surface area contributed by atoms with Crippen molar-refractivity contribution in [1.82, 2.24) is 4.90 Å². The van der Waals surface area contributed by atoms with Gasteiger partial charge in [0, 0.05) is 16.3 Å². The van der Waals surface area contributed by atoms with Crippen LogP contribution in [0.4, 0.5) is 0 Å². The van der Waals surface area contributed by atoms with E-state index in [9.17, 15) is 0 Å². The summed E-state index contributed by atoms with van der Waals surface area (Å²) >= 11 is 7.82. The maximum atomic E-state index is 6.02. The highest BCUT2D eigenvalue weighted by Gasteiger charge is 2.12. The fourth-order valence-corrected chi connectivity index (χ4v) is 3.77. The van der Waals surface area contributed by atoms with Gasteiger partial charge < -0.3 is 0 Å². The Morgan fingerprint density at radius 1 is 1.18 bits per heavy atom. The summed E-state index contributed by atoms with van der Waals surface area (Å²) < 4.78 is 1.31. The minimum atomic E-state index is 0.837. The van der Waals surface area contributed by atoms with Gasteiger partial charge >= 0.3 is 0 Å². The van der Waals surface area contributed by atoms with Crippen LogP contribution in [0.1, 0.15) is 24.8 Å². The highest BCUT2D eigenvalue weighted by molar-refractivity contribution is 7.17. The van der Waals surface area contributed by atoms with E-state index in [1.54, 1.807) is 11.3 Å². The molecule has 0 unspecified atom stereocenters. The Balaban J connectivity index is 1.84. The Morgan fingerprint density at radius 2 is 2.00 bits per heavy atom. The fourth-order valence-electron chi connectivity index (χ4n) is 2.54. The van der Waals surface area contributed by atoms with Gasteiger partial charge in [-0.15, -0.1) is 11.3 Å². The zero-order chi connectivity index (χ0) is 11.7. The summed E-state index contributed by atoms with van der Waals surface area (Å²) in [6, 6.07) is 6.23. The Morgan fingerprint density at radius 3 is 2.82 bits per heavy atom. The van der Waals surface area contributed by atoms with Gasteiger partial charge in [0.25, 0.3) is 0 Å². The number of thiophene rings is 1. The molecule has 0 radical (unpaired) electrons. The number of hydrogen-bond acceptors (Lipinski definition) is 2. The third kappa shape index (κ3) is 2.49. The van der Waals surface area contributed by atoms with Crippen molar-refractivity contribution in [2.45, 2.75) is 25.8 Å². The van der Waals surface area contributed by atoms with Crippen LogP contribution in [0.3, 0.4) is 0 Å². The molecular weight excluding hydrogens is 250 g/mol. The summed E-state index contributed by atoms with van der Waals surface area (Å²) in [5.74, 6) is 0. The second kappa shape index (κ2) is 4.97.